The van der Waals surface area contributed by atoms with Crippen LogP contribution < -0.4 is 5.32 Å². The van der Waals surface area contributed by atoms with Gasteiger partial charge in [0.05, 0.1) is 11.7 Å². The lowest BCUT2D eigenvalue weighted by atomic mass is 10.1. The van der Waals surface area contributed by atoms with E-state index < -0.39 is 29.5 Å². The molecule has 3 nitrogen and oxygen atoms in total. The SMILES string of the molecule is O=C(NC[C@@H](O)c1ccc(F)cc1F)c1ccccc1F. The van der Waals surface area contributed by atoms with E-state index in [9.17, 15) is 23.1 Å². The van der Waals surface area contributed by atoms with Gasteiger partial charge in [-0.25, -0.2) is 13.2 Å². The van der Waals surface area contributed by atoms with Crippen LogP contribution in [-0.4, -0.2) is 17.6 Å². The summed E-state index contributed by atoms with van der Waals surface area (Å²) in [7, 11) is 0. The van der Waals surface area contributed by atoms with Crippen molar-refractivity contribution < 1.29 is 23.1 Å². The van der Waals surface area contributed by atoms with Gasteiger partial charge in [-0.3, -0.25) is 4.79 Å². The predicted molar refractivity (Wildman–Crippen MR) is 70.1 cm³/mol. The summed E-state index contributed by atoms with van der Waals surface area (Å²) < 4.78 is 39.6. The lowest BCUT2D eigenvalue weighted by Crippen LogP contribution is -2.29. The summed E-state index contributed by atoms with van der Waals surface area (Å²) >= 11 is 0. The average molecular weight is 295 g/mol. The highest BCUT2D eigenvalue weighted by Gasteiger charge is 2.16. The minimum Gasteiger partial charge on any atom is -0.386 e. The van der Waals surface area contributed by atoms with Gasteiger partial charge in [0, 0.05) is 18.2 Å². The van der Waals surface area contributed by atoms with E-state index in [1.807, 2.05) is 0 Å². The largest absolute Gasteiger partial charge is 0.386 e. The number of aliphatic hydroxyl groups is 1. The second kappa shape index (κ2) is 6.41. The van der Waals surface area contributed by atoms with Gasteiger partial charge >= 0.3 is 0 Å². The maximum Gasteiger partial charge on any atom is 0.254 e. The van der Waals surface area contributed by atoms with Crippen molar-refractivity contribution in [1.29, 1.82) is 0 Å². The van der Waals surface area contributed by atoms with Gasteiger partial charge in [-0.15, -0.1) is 0 Å². The zero-order chi connectivity index (χ0) is 15.4. The van der Waals surface area contributed by atoms with Gasteiger partial charge < -0.3 is 10.4 Å². The molecule has 110 valence electrons. The third kappa shape index (κ3) is 3.61. The number of rotatable bonds is 4. The number of aliphatic hydroxyl groups excluding tert-OH is 1. The molecule has 0 heterocycles. The molecule has 0 spiro atoms. The topological polar surface area (TPSA) is 49.3 Å². The van der Waals surface area contributed by atoms with Crippen LogP contribution in [0.2, 0.25) is 0 Å². The van der Waals surface area contributed by atoms with Gasteiger partial charge in [-0.1, -0.05) is 18.2 Å². The first-order valence-electron chi connectivity index (χ1n) is 6.15. The molecule has 2 aromatic rings. The predicted octanol–water partition coefficient (Wildman–Crippen LogP) is 2.57. The molecule has 0 radical (unpaired) electrons. The molecule has 0 aromatic heterocycles. The third-order valence-corrected chi connectivity index (χ3v) is 2.90. The minimum absolute atomic E-state index is 0.148. The lowest BCUT2D eigenvalue weighted by Gasteiger charge is -2.13. The summed E-state index contributed by atoms with van der Waals surface area (Å²) in [5.74, 6) is -3.10. The summed E-state index contributed by atoms with van der Waals surface area (Å²) in [5.41, 5.74) is -0.325. The minimum atomic E-state index is -1.36. The van der Waals surface area contributed by atoms with E-state index in [0.29, 0.717) is 6.07 Å². The van der Waals surface area contributed by atoms with Gasteiger partial charge in [0.1, 0.15) is 17.5 Å². The molecule has 0 aliphatic carbocycles. The summed E-state index contributed by atoms with van der Waals surface area (Å²) in [5, 5.41) is 12.1. The van der Waals surface area contributed by atoms with Gasteiger partial charge in [0.15, 0.2) is 0 Å². The highest BCUT2D eigenvalue weighted by atomic mass is 19.1. The highest BCUT2D eigenvalue weighted by Crippen LogP contribution is 2.17. The highest BCUT2D eigenvalue weighted by molar-refractivity contribution is 5.94. The summed E-state index contributed by atoms with van der Waals surface area (Å²) in [4.78, 5) is 11.7. The lowest BCUT2D eigenvalue weighted by molar-refractivity contribution is 0.0910. The Hall–Kier alpha value is -2.34. The first kappa shape index (κ1) is 15.1. The van der Waals surface area contributed by atoms with Crippen molar-refractivity contribution in [3.63, 3.8) is 0 Å². The second-order valence-electron chi connectivity index (χ2n) is 4.37. The molecule has 2 rings (SSSR count). The third-order valence-electron chi connectivity index (χ3n) is 2.90. The van der Waals surface area contributed by atoms with Crippen molar-refractivity contribution in [1.82, 2.24) is 5.32 Å². The van der Waals surface area contributed by atoms with Crippen LogP contribution in [0.1, 0.15) is 22.0 Å². The molecule has 0 unspecified atom stereocenters. The molecule has 2 aromatic carbocycles. The Bertz CT molecular complexity index is 661. The number of carbonyl (C=O) groups is 1. The van der Waals surface area contributed by atoms with Crippen LogP contribution in [0, 0.1) is 17.5 Å². The average Bonchev–Trinajstić information content (AvgIpc) is 2.45. The molecule has 0 fully saturated rings. The fraction of sp³-hybridized carbons (Fsp3) is 0.133. The van der Waals surface area contributed by atoms with E-state index in [2.05, 4.69) is 5.32 Å². The van der Waals surface area contributed by atoms with Crippen molar-refractivity contribution in [2.45, 2.75) is 6.10 Å². The first-order chi connectivity index (χ1) is 9.99. The number of carbonyl (C=O) groups excluding carboxylic acids is 1. The molecule has 1 amide bonds. The van der Waals surface area contributed by atoms with Crippen LogP contribution >= 0.6 is 0 Å². The van der Waals surface area contributed by atoms with E-state index in [-0.39, 0.29) is 17.7 Å². The van der Waals surface area contributed by atoms with Crippen LogP contribution in [0.4, 0.5) is 13.2 Å². The molecule has 0 aliphatic rings. The zero-order valence-corrected chi connectivity index (χ0v) is 10.8. The molecule has 0 aliphatic heterocycles. The van der Waals surface area contributed by atoms with Gasteiger partial charge in [0.25, 0.3) is 5.91 Å². The van der Waals surface area contributed by atoms with E-state index in [1.54, 1.807) is 0 Å². The standard InChI is InChI=1S/C15H12F3NO2/c16-9-5-6-10(13(18)7-9)14(20)8-19-15(21)11-3-1-2-4-12(11)17/h1-7,14,20H,8H2,(H,19,21)/t14-/m1/s1. The molecule has 0 saturated carbocycles. The van der Waals surface area contributed by atoms with Crippen molar-refractivity contribution >= 4 is 5.91 Å². The van der Waals surface area contributed by atoms with Crippen molar-refractivity contribution in [2.24, 2.45) is 0 Å². The molecule has 1 atom stereocenters. The monoisotopic (exact) mass is 295 g/mol. The van der Waals surface area contributed by atoms with Gasteiger partial charge in [0.2, 0.25) is 0 Å². The van der Waals surface area contributed by atoms with Gasteiger partial charge in [-0.05, 0) is 18.2 Å². The molecule has 2 N–H and O–H groups in total. The normalized spacial score (nSPS) is 12.0. The summed E-state index contributed by atoms with van der Waals surface area (Å²) in [6, 6.07) is 8.07. The Balaban J connectivity index is 2.02. The van der Waals surface area contributed by atoms with Gasteiger partial charge in [-0.2, -0.15) is 0 Å². The summed E-state index contributed by atoms with van der Waals surface area (Å²) in [6.07, 6.45) is -1.36. The van der Waals surface area contributed by atoms with Crippen molar-refractivity contribution in [2.75, 3.05) is 6.54 Å². The quantitative estimate of drug-likeness (QED) is 0.911. The first-order valence-corrected chi connectivity index (χ1v) is 6.15. The van der Waals surface area contributed by atoms with Crippen LogP contribution in [0.3, 0.4) is 0 Å². The fourth-order valence-corrected chi connectivity index (χ4v) is 1.81. The molecule has 6 heteroatoms. The second-order valence-corrected chi connectivity index (χ2v) is 4.37. The number of hydrogen-bond acceptors (Lipinski definition) is 2. The van der Waals surface area contributed by atoms with Crippen LogP contribution in [0.25, 0.3) is 0 Å². The fourth-order valence-electron chi connectivity index (χ4n) is 1.81. The number of halogens is 3. The van der Waals surface area contributed by atoms with E-state index in [4.69, 9.17) is 0 Å². The van der Waals surface area contributed by atoms with E-state index in [0.717, 1.165) is 18.2 Å². The number of amides is 1. The van der Waals surface area contributed by atoms with Crippen molar-refractivity contribution in [3.05, 3.63) is 71.0 Å². The molecular formula is C15H12F3NO2. The number of benzene rings is 2. The Morgan fingerprint density at radius 2 is 1.81 bits per heavy atom. The maximum atomic E-state index is 13.4. The molecule has 0 saturated heterocycles. The smallest absolute Gasteiger partial charge is 0.254 e. The maximum absolute atomic E-state index is 13.4. The van der Waals surface area contributed by atoms with E-state index in [1.165, 1.54) is 18.2 Å². The Morgan fingerprint density at radius 3 is 2.48 bits per heavy atom. The van der Waals surface area contributed by atoms with Crippen LogP contribution in [0.5, 0.6) is 0 Å². The van der Waals surface area contributed by atoms with Crippen LogP contribution in [0.15, 0.2) is 42.5 Å². The molecule has 0 bridgehead atoms. The zero-order valence-electron chi connectivity index (χ0n) is 10.8. The van der Waals surface area contributed by atoms with Crippen LogP contribution in [-0.2, 0) is 0 Å². The van der Waals surface area contributed by atoms with E-state index >= 15 is 0 Å². The molecule has 21 heavy (non-hydrogen) atoms. The Labute approximate surface area is 119 Å². The Morgan fingerprint density at radius 1 is 1.10 bits per heavy atom. The summed E-state index contributed by atoms with van der Waals surface area (Å²) in [6.45, 7) is -0.324. The number of hydrogen-bond donors (Lipinski definition) is 2. The Kier molecular flexibility index (Phi) is 4.59. The number of nitrogens with one attached hydrogen (secondary N) is 1. The van der Waals surface area contributed by atoms with Crippen molar-refractivity contribution in [3.8, 4) is 0 Å². The molecular weight excluding hydrogens is 283 g/mol.